The number of benzene rings is 1. The number of hydrogen-bond donors (Lipinski definition) is 1. The van der Waals surface area contributed by atoms with E-state index in [1.54, 1.807) is 6.07 Å². The molecule has 4 amide bonds. The number of hydrogen-bond acceptors (Lipinski definition) is 7. The quantitative estimate of drug-likeness (QED) is 0.451. The van der Waals surface area contributed by atoms with Crippen LogP contribution in [0.5, 0.6) is 0 Å². The van der Waals surface area contributed by atoms with Crippen LogP contribution in [0.3, 0.4) is 0 Å². The molecule has 1 N–H and O–H groups in total. The minimum Gasteiger partial charge on any atom is -0.364 e. The molecule has 0 bridgehead atoms. The van der Waals surface area contributed by atoms with Gasteiger partial charge >= 0.3 is 6.03 Å². The zero-order valence-electron chi connectivity index (χ0n) is 16.4. The molecule has 0 radical (unpaired) electrons. The first kappa shape index (κ1) is 19.3. The predicted molar refractivity (Wildman–Crippen MR) is 103 cm³/mol. The molecule has 10 nitrogen and oxygen atoms in total. The van der Waals surface area contributed by atoms with Gasteiger partial charge in [-0.25, -0.2) is 4.79 Å². The summed E-state index contributed by atoms with van der Waals surface area (Å²) in [5, 5.41) is 13.6. The Labute approximate surface area is 167 Å². The molecule has 2 fully saturated rings. The summed E-state index contributed by atoms with van der Waals surface area (Å²) in [6, 6.07) is 3.41. The molecule has 3 aliphatic heterocycles. The monoisotopic (exact) mass is 401 g/mol. The zero-order chi connectivity index (χ0) is 20.9. The third-order valence-corrected chi connectivity index (χ3v) is 6.15. The fourth-order valence-electron chi connectivity index (χ4n) is 4.74. The summed E-state index contributed by atoms with van der Waals surface area (Å²) in [7, 11) is 1.93. The summed E-state index contributed by atoms with van der Waals surface area (Å²) >= 11 is 0. The summed E-state index contributed by atoms with van der Waals surface area (Å²) in [6.07, 6.45) is 0.594. The van der Waals surface area contributed by atoms with E-state index in [4.69, 9.17) is 0 Å². The van der Waals surface area contributed by atoms with Crippen LogP contribution < -0.4 is 10.2 Å². The van der Waals surface area contributed by atoms with Gasteiger partial charge < -0.3 is 9.80 Å². The number of barbiturate groups is 1. The Balaban J connectivity index is 1.88. The molecule has 154 valence electrons. The Morgan fingerprint density at radius 2 is 2.03 bits per heavy atom. The average molecular weight is 401 g/mol. The number of rotatable bonds is 3. The fraction of sp³-hybridized carbons (Fsp3) is 0.526. The number of piperazine rings is 1. The Kier molecular flexibility index (Phi) is 4.53. The molecule has 3 heterocycles. The Morgan fingerprint density at radius 1 is 1.28 bits per heavy atom. The van der Waals surface area contributed by atoms with Crippen LogP contribution in [0.25, 0.3) is 0 Å². The van der Waals surface area contributed by atoms with Gasteiger partial charge in [0.2, 0.25) is 11.8 Å². The first-order valence-electron chi connectivity index (χ1n) is 9.69. The number of amides is 4. The smallest absolute Gasteiger partial charge is 0.330 e. The Morgan fingerprint density at radius 3 is 2.72 bits per heavy atom. The van der Waals surface area contributed by atoms with Crippen LogP contribution in [-0.2, 0) is 16.0 Å². The van der Waals surface area contributed by atoms with Crippen LogP contribution in [0.15, 0.2) is 18.2 Å². The van der Waals surface area contributed by atoms with E-state index in [9.17, 15) is 24.5 Å². The van der Waals surface area contributed by atoms with Crippen molar-refractivity contribution in [3.63, 3.8) is 0 Å². The molecular weight excluding hydrogens is 378 g/mol. The zero-order valence-corrected chi connectivity index (χ0v) is 16.4. The number of non-ortho nitro benzene ring substituents is 1. The standard InChI is InChI=1S/C19H23N5O5/c1-3-6-23-17(26)19(16(25)20-18(23)27)10-12-9-13(24(28)29)4-5-14(12)22-8-7-21(2)11-15(19)22/h4-5,9,15H,3,6-8,10-11H2,1-2H3,(H,20,25,27)/t15-,19-/m0/s1. The molecule has 0 aromatic heterocycles. The van der Waals surface area contributed by atoms with Crippen molar-refractivity contribution in [2.24, 2.45) is 5.41 Å². The van der Waals surface area contributed by atoms with Gasteiger partial charge in [-0.15, -0.1) is 0 Å². The van der Waals surface area contributed by atoms with E-state index in [1.807, 2.05) is 18.9 Å². The van der Waals surface area contributed by atoms with E-state index < -0.39 is 34.2 Å². The highest BCUT2D eigenvalue weighted by Gasteiger charge is 2.62. The van der Waals surface area contributed by atoms with Gasteiger partial charge in [-0.1, -0.05) is 6.92 Å². The molecular formula is C19H23N5O5. The van der Waals surface area contributed by atoms with E-state index in [-0.39, 0.29) is 18.7 Å². The van der Waals surface area contributed by atoms with E-state index in [1.165, 1.54) is 12.1 Å². The molecule has 1 aromatic carbocycles. The fourth-order valence-corrected chi connectivity index (χ4v) is 4.74. The van der Waals surface area contributed by atoms with Gasteiger partial charge in [0.1, 0.15) is 0 Å². The Bertz CT molecular complexity index is 918. The number of nitrogens with zero attached hydrogens (tertiary/aromatic N) is 4. The molecule has 2 saturated heterocycles. The summed E-state index contributed by atoms with van der Waals surface area (Å²) in [6.45, 7) is 3.85. The van der Waals surface area contributed by atoms with Gasteiger partial charge in [-0.3, -0.25) is 29.9 Å². The van der Waals surface area contributed by atoms with Crippen molar-refractivity contribution in [2.45, 2.75) is 25.8 Å². The number of likely N-dealkylation sites (N-methyl/N-ethyl adjacent to an activating group) is 1. The third kappa shape index (κ3) is 2.78. The van der Waals surface area contributed by atoms with Gasteiger partial charge in [0.25, 0.3) is 5.69 Å². The van der Waals surface area contributed by atoms with Crippen LogP contribution in [-0.4, -0.2) is 71.8 Å². The van der Waals surface area contributed by atoms with E-state index in [0.717, 1.165) is 17.1 Å². The Hall–Kier alpha value is -3.01. The number of urea groups is 1. The molecule has 0 aliphatic carbocycles. The third-order valence-electron chi connectivity index (χ3n) is 6.15. The van der Waals surface area contributed by atoms with E-state index >= 15 is 0 Å². The molecule has 2 atom stereocenters. The van der Waals surface area contributed by atoms with Gasteiger partial charge in [0.05, 0.1) is 11.0 Å². The maximum absolute atomic E-state index is 13.6. The second-order valence-corrected chi connectivity index (χ2v) is 7.91. The van der Waals surface area contributed by atoms with Crippen molar-refractivity contribution in [2.75, 3.05) is 38.1 Å². The van der Waals surface area contributed by atoms with Crippen molar-refractivity contribution < 1.29 is 19.3 Å². The number of carbonyl (C=O) groups excluding carboxylic acids is 3. The number of nitrogens with one attached hydrogen (secondary N) is 1. The second kappa shape index (κ2) is 6.80. The van der Waals surface area contributed by atoms with E-state index in [2.05, 4.69) is 10.2 Å². The number of anilines is 1. The van der Waals surface area contributed by atoms with Gasteiger partial charge in [0, 0.05) is 50.4 Å². The van der Waals surface area contributed by atoms with Crippen LogP contribution >= 0.6 is 0 Å². The number of fused-ring (bicyclic) bond motifs is 4. The molecule has 1 spiro atoms. The number of nitro benzene ring substituents is 1. The normalized spacial score (nSPS) is 27.0. The van der Waals surface area contributed by atoms with Crippen LogP contribution in [0, 0.1) is 15.5 Å². The summed E-state index contributed by atoms with van der Waals surface area (Å²) in [5.41, 5.74) is -0.204. The second-order valence-electron chi connectivity index (χ2n) is 7.91. The van der Waals surface area contributed by atoms with Gasteiger partial charge in [-0.2, -0.15) is 0 Å². The lowest BCUT2D eigenvalue weighted by Gasteiger charge is -2.55. The number of imide groups is 2. The first-order chi connectivity index (χ1) is 13.8. The lowest BCUT2D eigenvalue weighted by molar-refractivity contribution is -0.384. The summed E-state index contributed by atoms with van der Waals surface area (Å²) in [4.78, 5) is 55.0. The summed E-state index contributed by atoms with van der Waals surface area (Å²) in [5.74, 6) is -1.14. The first-order valence-corrected chi connectivity index (χ1v) is 9.69. The van der Waals surface area contributed by atoms with Crippen LogP contribution in [0.2, 0.25) is 0 Å². The molecule has 1 aromatic rings. The van der Waals surface area contributed by atoms with Crippen LogP contribution in [0.1, 0.15) is 18.9 Å². The highest BCUT2D eigenvalue weighted by Crippen LogP contribution is 2.46. The molecule has 0 unspecified atom stereocenters. The highest BCUT2D eigenvalue weighted by molar-refractivity contribution is 6.20. The van der Waals surface area contributed by atoms with Crippen molar-refractivity contribution >= 4 is 29.2 Å². The number of carbonyl (C=O) groups is 3. The molecule has 10 heteroatoms. The molecule has 3 aliphatic rings. The lowest BCUT2D eigenvalue weighted by atomic mass is 9.67. The van der Waals surface area contributed by atoms with Crippen molar-refractivity contribution in [3.8, 4) is 0 Å². The summed E-state index contributed by atoms with van der Waals surface area (Å²) < 4.78 is 0. The van der Waals surface area contributed by atoms with Crippen molar-refractivity contribution in [3.05, 3.63) is 33.9 Å². The topological polar surface area (TPSA) is 116 Å². The maximum Gasteiger partial charge on any atom is 0.330 e. The highest BCUT2D eigenvalue weighted by atomic mass is 16.6. The average Bonchev–Trinajstić information content (AvgIpc) is 2.68. The van der Waals surface area contributed by atoms with Gasteiger partial charge in [0.15, 0.2) is 5.41 Å². The SMILES string of the molecule is CCCN1C(=O)NC(=O)[C@@]2(Cc3cc([N+](=O)[O-])ccc3N3CCN(C)C[C@H]32)C1=O. The van der Waals surface area contributed by atoms with Crippen molar-refractivity contribution in [1.29, 1.82) is 0 Å². The minimum absolute atomic E-state index is 0.0250. The lowest BCUT2D eigenvalue weighted by Crippen LogP contribution is -2.75. The predicted octanol–water partition coefficient (Wildman–Crippen LogP) is 0.746. The van der Waals surface area contributed by atoms with E-state index in [0.29, 0.717) is 25.1 Å². The van der Waals surface area contributed by atoms with Crippen molar-refractivity contribution in [1.82, 2.24) is 15.1 Å². The molecule has 0 saturated carbocycles. The minimum atomic E-state index is -1.50. The largest absolute Gasteiger partial charge is 0.364 e. The molecule has 4 rings (SSSR count). The van der Waals surface area contributed by atoms with Gasteiger partial charge in [-0.05, 0) is 25.1 Å². The number of nitro groups is 1. The maximum atomic E-state index is 13.6. The van der Waals surface area contributed by atoms with Crippen LogP contribution in [0.4, 0.5) is 16.2 Å². The molecule has 29 heavy (non-hydrogen) atoms.